The van der Waals surface area contributed by atoms with E-state index >= 15 is 0 Å². The van der Waals surface area contributed by atoms with Gasteiger partial charge in [0.2, 0.25) is 8.96 Å². The summed E-state index contributed by atoms with van der Waals surface area (Å²) in [6.45, 7) is 2.23. The molecule has 0 saturated carbocycles. The Morgan fingerprint density at radius 2 is 2.27 bits per heavy atom. The maximum absolute atomic E-state index is 11.3. The highest BCUT2D eigenvalue weighted by atomic mass is 32.2. The van der Waals surface area contributed by atoms with Gasteiger partial charge in [-0.25, -0.2) is 0 Å². The van der Waals surface area contributed by atoms with Crippen molar-refractivity contribution in [2.45, 2.75) is 6.42 Å². The Kier molecular flexibility index (Phi) is 2.14. The molecule has 0 aliphatic carbocycles. The molecule has 0 amide bonds. The quantitative estimate of drug-likeness (QED) is 0.446. The van der Waals surface area contributed by atoms with Crippen molar-refractivity contribution in [2.24, 2.45) is 0 Å². The van der Waals surface area contributed by atoms with Crippen LogP contribution in [0.3, 0.4) is 0 Å². The number of thioether (sulfide) groups is 1. The fourth-order valence-corrected chi connectivity index (χ4v) is 7.14. The van der Waals surface area contributed by atoms with Crippen LogP contribution in [0.5, 0.6) is 0 Å². The minimum absolute atomic E-state index is 0.444. The Morgan fingerprint density at radius 1 is 1.55 bits per heavy atom. The zero-order valence-electron chi connectivity index (χ0n) is 6.08. The molecule has 0 aromatic carbocycles. The maximum Gasteiger partial charge on any atom is 0.240 e. The normalized spacial score (nSPS) is 32.5. The summed E-state index contributed by atoms with van der Waals surface area (Å²) in [7, 11) is -1.39. The Balaban J connectivity index is 2.09. The highest BCUT2D eigenvalue weighted by Gasteiger charge is 2.39. The first-order valence-electron chi connectivity index (χ1n) is 3.72. The summed E-state index contributed by atoms with van der Waals surface area (Å²) in [5.41, 5.74) is 0. The van der Waals surface area contributed by atoms with Crippen LogP contribution in [0.1, 0.15) is 6.42 Å². The van der Waals surface area contributed by atoms with E-state index < -0.39 is 8.96 Å². The number of rotatable bonds is 1. The first-order valence-corrected chi connectivity index (χ1v) is 6.79. The summed E-state index contributed by atoms with van der Waals surface area (Å²) in [5, 5.41) is 0.444. The van der Waals surface area contributed by atoms with E-state index in [9.17, 15) is 4.79 Å². The van der Waals surface area contributed by atoms with Crippen LogP contribution in [-0.2, 0) is 4.79 Å². The molecule has 5 heteroatoms. The lowest BCUT2D eigenvalue weighted by Crippen LogP contribution is -2.54. The Morgan fingerprint density at radius 3 is 2.64 bits per heavy atom. The number of hydrogen-bond donors (Lipinski definition) is 0. The molecule has 2 saturated heterocycles. The molecular formula is C6H9NOS2Si. The smallest absolute Gasteiger partial charge is 0.240 e. The minimum Gasteiger partial charge on any atom is -0.316 e. The number of carbonyl (C=O) groups is 1. The summed E-state index contributed by atoms with van der Waals surface area (Å²) in [4.78, 5) is 11.3. The predicted molar refractivity (Wildman–Crippen MR) is 53.4 cm³/mol. The van der Waals surface area contributed by atoms with Crippen molar-refractivity contribution in [1.82, 2.24) is 4.57 Å². The zero-order chi connectivity index (χ0) is 7.84. The van der Waals surface area contributed by atoms with Gasteiger partial charge in [0.05, 0.1) is 9.57 Å². The summed E-state index contributed by atoms with van der Waals surface area (Å²) < 4.78 is 3.33. The highest BCUT2D eigenvalue weighted by Crippen LogP contribution is 2.23. The molecule has 1 atom stereocenters. The summed E-state index contributed by atoms with van der Waals surface area (Å²) in [6.07, 6.45) is 1.25. The van der Waals surface area contributed by atoms with Crippen molar-refractivity contribution < 1.29 is 4.79 Å². The van der Waals surface area contributed by atoms with E-state index in [1.807, 2.05) is 0 Å². The fourth-order valence-electron chi connectivity index (χ4n) is 1.38. The van der Waals surface area contributed by atoms with E-state index in [1.165, 1.54) is 6.42 Å². The van der Waals surface area contributed by atoms with Gasteiger partial charge >= 0.3 is 0 Å². The number of hydrogen-bond acceptors (Lipinski definition) is 4. The van der Waals surface area contributed by atoms with Crippen LogP contribution < -0.4 is 0 Å². The van der Waals surface area contributed by atoms with Gasteiger partial charge in [0.1, 0.15) is 5.41 Å². The van der Waals surface area contributed by atoms with E-state index in [4.69, 9.17) is 12.2 Å². The first-order chi connectivity index (χ1) is 5.29. The van der Waals surface area contributed by atoms with Crippen LogP contribution in [0.15, 0.2) is 0 Å². The van der Waals surface area contributed by atoms with E-state index in [2.05, 4.69) is 4.57 Å². The van der Waals surface area contributed by atoms with Crippen molar-refractivity contribution in [3.05, 3.63) is 0 Å². The fraction of sp³-hybridized carbons (Fsp3) is 0.667. The van der Waals surface area contributed by atoms with Crippen molar-refractivity contribution in [3.8, 4) is 0 Å². The van der Waals surface area contributed by atoms with Crippen LogP contribution in [0.2, 0.25) is 0 Å². The Hall–Kier alpha value is 0.287. The molecule has 0 N–H and O–H groups in total. The molecule has 0 bridgehead atoms. The molecule has 1 unspecified atom stereocenters. The second kappa shape index (κ2) is 2.97. The van der Waals surface area contributed by atoms with Crippen LogP contribution in [0.4, 0.5) is 0 Å². The molecule has 2 nitrogen and oxygen atoms in total. The third-order valence-electron chi connectivity index (χ3n) is 2.14. The van der Waals surface area contributed by atoms with Gasteiger partial charge in [-0.3, -0.25) is 0 Å². The largest absolute Gasteiger partial charge is 0.316 e. The molecular weight excluding hydrogens is 194 g/mol. The van der Waals surface area contributed by atoms with Gasteiger partial charge in [0.15, 0.2) is 0 Å². The van der Waals surface area contributed by atoms with E-state index in [-0.39, 0.29) is 0 Å². The molecule has 2 aliphatic heterocycles. The van der Waals surface area contributed by atoms with Gasteiger partial charge < -0.3 is 9.36 Å². The monoisotopic (exact) mass is 203 g/mol. The van der Waals surface area contributed by atoms with Crippen molar-refractivity contribution in [1.29, 1.82) is 0 Å². The van der Waals surface area contributed by atoms with Gasteiger partial charge in [0.25, 0.3) is 0 Å². The molecule has 2 aliphatic rings. The minimum atomic E-state index is -1.39. The number of carbonyl (C=O) groups excluding carboxylic acids is 1. The lowest BCUT2D eigenvalue weighted by atomic mass is 10.3. The van der Waals surface area contributed by atoms with E-state index in [1.54, 1.807) is 11.8 Å². The second-order valence-electron chi connectivity index (χ2n) is 2.87. The topological polar surface area (TPSA) is 20.3 Å². The molecule has 0 radical (unpaired) electrons. The average molecular weight is 203 g/mol. The molecule has 2 rings (SSSR count). The Labute approximate surface area is 77.0 Å². The lowest BCUT2D eigenvalue weighted by Gasteiger charge is -2.34. The van der Waals surface area contributed by atoms with Gasteiger partial charge in [-0.05, 0) is 19.5 Å². The van der Waals surface area contributed by atoms with Crippen molar-refractivity contribution in [3.63, 3.8) is 0 Å². The Bertz CT molecular complexity index is 201. The highest BCUT2D eigenvalue weighted by molar-refractivity contribution is 8.29. The number of thiocarbonyl (C=S) groups is 1. The van der Waals surface area contributed by atoms with Gasteiger partial charge in [-0.1, -0.05) is 12.2 Å². The van der Waals surface area contributed by atoms with Crippen LogP contribution in [0.25, 0.3) is 0 Å². The number of nitrogens with zero attached hydrogens (tertiary/aromatic N) is 1. The average Bonchev–Trinajstić information content (AvgIpc) is 2.15. The van der Waals surface area contributed by atoms with Gasteiger partial charge in [-0.2, -0.15) is 0 Å². The second-order valence-corrected chi connectivity index (χ2v) is 8.18. The van der Waals surface area contributed by atoms with Crippen molar-refractivity contribution >= 4 is 42.2 Å². The van der Waals surface area contributed by atoms with Crippen LogP contribution in [-0.4, -0.2) is 41.6 Å². The molecule has 2 heterocycles. The van der Waals surface area contributed by atoms with E-state index in [0.29, 0.717) is 11.2 Å². The standard InChI is InChI=1S/C6H9NOS2Si/c8-5-4-10-6(9)11(5)7-2-1-3-7/h11H,1-4H2. The van der Waals surface area contributed by atoms with Gasteiger partial charge in [-0.15, -0.1) is 11.8 Å². The summed E-state index contributed by atoms with van der Waals surface area (Å²) in [6, 6.07) is 0. The third kappa shape index (κ3) is 1.30. The molecule has 0 spiro atoms. The predicted octanol–water partition coefficient (Wildman–Crippen LogP) is 0.138. The SMILES string of the molecule is O=C1CSC(=S)[SiH]1N1CCC1. The van der Waals surface area contributed by atoms with E-state index in [0.717, 1.165) is 16.9 Å². The zero-order valence-corrected chi connectivity index (χ0v) is 8.87. The van der Waals surface area contributed by atoms with Crippen LogP contribution in [0, 0.1) is 0 Å². The molecule has 0 aromatic heterocycles. The molecule has 60 valence electrons. The third-order valence-corrected chi connectivity index (χ3v) is 7.85. The van der Waals surface area contributed by atoms with Crippen LogP contribution >= 0.6 is 24.0 Å². The molecule has 0 aromatic rings. The maximum atomic E-state index is 11.3. The first kappa shape index (κ1) is 7.91. The molecule has 2 fully saturated rings. The van der Waals surface area contributed by atoms with Gasteiger partial charge in [0, 0.05) is 0 Å². The summed E-state index contributed by atoms with van der Waals surface area (Å²) in [5.74, 6) is 0.659. The van der Waals surface area contributed by atoms with Crippen molar-refractivity contribution in [2.75, 3.05) is 18.8 Å². The lowest BCUT2D eigenvalue weighted by molar-refractivity contribution is -0.110. The molecule has 11 heavy (non-hydrogen) atoms. The summed E-state index contributed by atoms with van der Waals surface area (Å²) >= 11 is 6.75.